The third-order valence-electron chi connectivity index (χ3n) is 2.39. The number of hydrogen-bond donors (Lipinski definition) is 2. The molecule has 1 fully saturated rings. The molecule has 0 spiro atoms. The van der Waals surface area contributed by atoms with Gasteiger partial charge in [0.25, 0.3) is 0 Å². The van der Waals surface area contributed by atoms with Crippen LogP contribution in [-0.2, 0) is 4.79 Å². The van der Waals surface area contributed by atoms with Crippen molar-refractivity contribution >= 4 is 5.97 Å². The Labute approximate surface area is 72.3 Å². The predicted molar refractivity (Wildman–Crippen MR) is 45.8 cm³/mol. The van der Waals surface area contributed by atoms with Crippen molar-refractivity contribution in [1.82, 2.24) is 4.90 Å². The summed E-state index contributed by atoms with van der Waals surface area (Å²) in [4.78, 5) is 12.8. The summed E-state index contributed by atoms with van der Waals surface area (Å²) < 4.78 is 0. The minimum atomic E-state index is -0.757. The second-order valence-corrected chi connectivity index (χ2v) is 3.59. The summed E-state index contributed by atoms with van der Waals surface area (Å²) in [5.41, 5.74) is 5.34. The van der Waals surface area contributed by atoms with Gasteiger partial charge in [0, 0.05) is 19.6 Å². The van der Waals surface area contributed by atoms with Crippen molar-refractivity contribution in [2.24, 2.45) is 17.6 Å². The minimum Gasteiger partial charge on any atom is -0.481 e. The summed E-state index contributed by atoms with van der Waals surface area (Å²) in [6.07, 6.45) is 0.732. The SMILES string of the molecule is CN1CC(CC(CN)C(=O)O)C1. The fourth-order valence-electron chi connectivity index (χ4n) is 1.68. The number of rotatable bonds is 4. The summed E-state index contributed by atoms with van der Waals surface area (Å²) >= 11 is 0. The molecule has 4 heteroatoms. The molecular weight excluding hydrogens is 156 g/mol. The van der Waals surface area contributed by atoms with E-state index in [-0.39, 0.29) is 12.5 Å². The third-order valence-corrected chi connectivity index (χ3v) is 2.39. The molecule has 0 aromatic carbocycles. The molecule has 1 aliphatic rings. The van der Waals surface area contributed by atoms with Gasteiger partial charge in [0.05, 0.1) is 5.92 Å². The Balaban J connectivity index is 2.24. The van der Waals surface area contributed by atoms with Crippen molar-refractivity contribution < 1.29 is 9.90 Å². The Morgan fingerprint density at radius 1 is 1.75 bits per heavy atom. The van der Waals surface area contributed by atoms with E-state index in [4.69, 9.17) is 10.8 Å². The summed E-state index contributed by atoms with van der Waals surface area (Å²) in [6, 6.07) is 0. The lowest BCUT2D eigenvalue weighted by molar-refractivity contribution is -0.142. The Morgan fingerprint density at radius 2 is 2.33 bits per heavy atom. The van der Waals surface area contributed by atoms with E-state index in [1.807, 2.05) is 7.05 Å². The van der Waals surface area contributed by atoms with Crippen LogP contribution >= 0.6 is 0 Å². The maximum absolute atomic E-state index is 10.6. The monoisotopic (exact) mass is 172 g/mol. The van der Waals surface area contributed by atoms with Gasteiger partial charge in [0.15, 0.2) is 0 Å². The Hall–Kier alpha value is -0.610. The van der Waals surface area contributed by atoms with Crippen LogP contribution in [0.5, 0.6) is 0 Å². The van der Waals surface area contributed by atoms with Gasteiger partial charge in [-0.3, -0.25) is 4.79 Å². The van der Waals surface area contributed by atoms with Crippen LogP contribution < -0.4 is 5.73 Å². The molecule has 12 heavy (non-hydrogen) atoms. The van der Waals surface area contributed by atoms with Gasteiger partial charge in [0.2, 0.25) is 0 Å². The standard InChI is InChI=1S/C8H16N2O2/c1-10-4-6(5-10)2-7(3-9)8(11)12/h6-7H,2-5,9H2,1H3,(H,11,12). The average Bonchev–Trinajstić information content (AvgIpc) is 1.95. The second kappa shape index (κ2) is 3.87. The van der Waals surface area contributed by atoms with Crippen LogP contribution in [-0.4, -0.2) is 42.7 Å². The van der Waals surface area contributed by atoms with Gasteiger partial charge in [-0.2, -0.15) is 0 Å². The zero-order chi connectivity index (χ0) is 9.14. The molecule has 0 saturated carbocycles. The number of hydrogen-bond acceptors (Lipinski definition) is 3. The van der Waals surface area contributed by atoms with Gasteiger partial charge in [0.1, 0.15) is 0 Å². The number of aliphatic carboxylic acids is 1. The van der Waals surface area contributed by atoms with Crippen LogP contribution in [0.1, 0.15) is 6.42 Å². The van der Waals surface area contributed by atoms with E-state index in [1.165, 1.54) is 0 Å². The van der Waals surface area contributed by atoms with Crippen LogP contribution in [0.15, 0.2) is 0 Å². The van der Waals surface area contributed by atoms with Crippen LogP contribution in [0.3, 0.4) is 0 Å². The summed E-state index contributed by atoms with van der Waals surface area (Å²) in [5.74, 6) is -0.560. The minimum absolute atomic E-state index is 0.259. The van der Waals surface area contributed by atoms with E-state index in [2.05, 4.69) is 4.90 Å². The van der Waals surface area contributed by atoms with Crippen LogP contribution in [0.4, 0.5) is 0 Å². The van der Waals surface area contributed by atoms with E-state index in [0.717, 1.165) is 19.5 Å². The van der Waals surface area contributed by atoms with E-state index >= 15 is 0 Å². The first-order valence-electron chi connectivity index (χ1n) is 4.25. The van der Waals surface area contributed by atoms with Crippen molar-refractivity contribution in [3.63, 3.8) is 0 Å². The highest BCUT2D eigenvalue weighted by Gasteiger charge is 2.28. The normalized spacial score (nSPS) is 21.8. The molecular formula is C8H16N2O2. The van der Waals surface area contributed by atoms with Crippen molar-refractivity contribution in [3.05, 3.63) is 0 Å². The molecule has 1 aliphatic heterocycles. The van der Waals surface area contributed by atoms with Gasteiger partial charge < -0.3 is 15.7 Å². The van der Waals surface area contributed by atoms with Gasteiger partial charge >= 0.3 is 5.97 Å². The third kappa shape index (κ3) is 2.19. The molecule has 3 N–H and O–H groups in total. The lowest BCUT2D eigenvalue weighted by Gasteiger charge is -2.37. The molecule has 0 radical (unpaired) electrons. The molecule has 0 bridgehead atoms. The molecule has 0 aromatic heterocycles. The molecule has 1 rings (SSSR count). The lowest BCUT2D eigenvalue weighted by Crippen LogP contribution is -2.45. The molecule has 1 unspecified atom stereocenters. The number of carboxylic acid groups (broad SMARTS) is 1. The molecule has 4 nitrogen and oxygen atoms in total. The highest BCUT2D eigenvalue weighted by atomic mass is 16.4. The molecule has 0 aromatic rings. The van der Waals surface area contributed by atoms with E-state index < -0.39 is 5.97 Å². The van der Waals surface area contributed by atoms with E-state index in [0.29, 0.717) is 5.92 Å². The smallest absolute Gasteiger partial charge is 0.307 e. The number of carboxylic acids is 1. The second-order valence-electron chi connectivity index (χ2n) is 3.59. The van der Waals surface area contributed by atoms with Crippen molar-refractivity contribution in [3.8, 4) is 0 Å². The largest absolute Gasteiger partial charge is 0.481 e. The zero-order valence-electron chi connectivity index (χ0n) is 7.36. The number of likely N-dealkylation sites (tertiary alicyclic amines) is 1. The van der Waals surface area contributed by atoms with E-state index in [1.54, 1.807) is 0 Å². The molecule has 1 atom stereocenters. The summed E-state index contributed by atoms with van der Waals surface area (Å²) in [6.45, 7) is 2.29. The first-order valence-corrected chi connectivity index (χ1v) is 4.25. The molecule has 70 valence electrons. The van der Waals surface area contributed by atoms with Gasteiger partial charge in [-0.1, -0.05) is 0 Å². The fourth-order valence-corrected chi connectivity index (χ4v) is 1.68. The molecule has 1 saturated heterocycles. The Morgan fingerprint density at radius 3 is 2.67 bits per heavy atom. The highest BCUT2D eigenvalue weighted by Crippen LogP contribution is 2.21. The molecule has 0 aliphatic carbocycles. The first kappa shape index (κ1) is 9.48. The number of nitrogens with two attached hydrogens (primary N) is 1. The topological polar surface area (TPSA) is 66.6 Å². The quantitative estimate of drug-likeness (QED) is 0.605. The van der Waals surface area contributed by atoms with Crippen LogP contribution in [0, 0.1) is 11.8 Å². The number of carbonyl (C=O) groups is 1. The molecule has 0 amide bonds. The van der Waals surface area contributed by atoms with Crippen molar-refractivity contribution in [1.29, 1.82) is 0 Å². The fraction of sp³-hybridized carbons (Fsp3) is 0.875. The average molecular weight is 172 g/mol. The summed E-state index contributed by atoms with van der Waals surface area (Å²) in [5, 5.41) is 8.71. The van der Waals surface area contributed by atoms with Gasteiger partial charge in [-0.05, 0) is 19.4 Å². The van der Waals surface area contributed by atoms with Crippen molar-refractivity contribution in [2.75, 3.05) is 26.7 Å². The highest BCUT2D eigenvalue weighted by molar-refractivity contribution is 5.70. The zero-order valence-corrected chi connectivity index (χ0v) is 7.36. The maximum atomic E-state index is 10.6. The Kier molecular flexibility index (Phi) is 3.05. The molecule has 1 heterocycles. The van der Waals surface area contributed by atoms with Crippen LogP contribution in [0.25, 0.3) is 0 Å². The number of nitrogens with zero attached hydrogens (tertiary/aromatic N) is 1. The maximum Gasteiger partial charge on any atom is 0.307 e. The summed E-state index contributed by atoms with van der Waals surface area (Å²) in [7, 11) is 2.04. The lowest BCUT2D eigenvalue weighted by atomic mass is 9.89. The van der Waals surface area contributed by atoms with Gasteiger partial charge in [-0.15, -0.1) is 0 Å². The predicted octanol–water partition coefficient (Wildman–Crippen LogP) is -0.402. The van der Waals surface area contributed by atoms with Crippen molar-refractivity contribution in [2.45, 2.75) is 6.42 Å². The van der Waals surface area contributed by atoms with Gasteiger partial charge in [-0.25, -0.2) is 0 Å². The first-order chi connectivity index (χ1) is 5.63. The van der Waals surface area contributed by atoms with E-state index in [9.17, 15) is 4.79 Å². The van der Waals surface area contributed by atoms with Crippen LogP contribution in [0.2, 0.25) is 0 Å². The Bertz CT molecular complexity index is 166.